The van der Waals surface area contributed by atoms with Crippen LogP contribution in [0.4, 0.5) is 0 Å². The quantitative estimate of drug-likeness (QED) is 0.761. The molecule has 82 valence electrons. The van der Waals surface area contributed by atoms with Gasteiger partial charge in [-0.1, -0.05) is 12.1 Å². The van der Waals surface area contributed by atoms with Crippen LogP contribution in [0.5, 0.6) is 5.75 Å². The molecule has 1 N–H and O–H groups in total. The van der Waals surface area contributed by atoms with Crippen LogP contribution in [0.25, 0.3) is 0 Å². The predicted molar refractivity (Wildman–Crippen MR) is 54.6 cm³/mol. The molecular formula is C11H14O4. The molecule has 0 radical (unpaired) electrons. The monoisotopic (exact) mass is 210 g/mol. The Balaban J connectivity index is 2.61. The van der Waals surface area contributed by atoms with E-state index >= 15 is 0 Å². The fourth-order valence-corrected chi connectivity index (χ4v) is 1.07. The van der Waals surface area contributed by atoms with Crippen molar-refractivity contribution in [1.82, 2.24) is 0 Å². The summed E-state index contributed by atoms with van der Waals surface area (Å²) in [7, 11) is 1.30. The molecule has 4 nitrogen and oxygen atoms in total. The number of rotatable bonds is 4. The zero-order valence-electron chi connectivity index (χ0n) is 8.77. The van der Waals surface area contributed by atoms with Crippen LogP contribution in [0.15, 0.2) is 24.3 Å². The van der Waals surface area contributed by atoms with Crippen LogP contribution >= 0.6 is 0 Å². The van der Waals surface area contributed by atoms with Gasteiger partial charge in [0.25, 0.3) is 0 Å². The van der Waals surface area contributed by atoms with E-state index in [1.807, 2.05) is 0 Å². The van der Waals surface area contributed by atoms with E-state index in [9.17, 15) is 9.90 Å². The van der Waals surface area contributed by atoms with Crippen LogP contribution in [0.1, 0.15) is 18.6 Å². The highest BCUT2D eigenvalue weighted by molar-refractivity contribution is 5.70. The van der Waals surface area contributed by atoms with Crippen LogP contribution in [0.2, 0.25) is 0 Å². The summed E-state index contributed by atoms with van der Waals surface area (Å²) in [6.07, 6.45) is -0.549. The second-order valence-electron chi connectivity index (χ2n) is 3.11. The summed E-state index contributed by atoms with van der Waals surface area (Å²) in [6.45, 7) is 1.54. The minimum absolute atomic E-state index is 0.125. The number of carbonyl (C=O) groups is 1. The van der Waals surface area contributed by atoms with Gasteiger partial charge in [-0.2, -0.15) is 0 Å². The van der Waals surface area contributed by atoms with E-state index in [-0.39, 0.29) is 6.61 Å². The number of hydrogen-bond donors (Lipinski definition) is 1. The molecule has 1 rings (SSSR count). The van der Waals surface area contributed by atoms with E-state index in [4.69, 9.17) is 4.74 Å². The maximum Gasteiger partial charge on any atom is 0.343 e. The van der Waals surface area contributed by atoms with E-state index in [0.717, 1.165) is 5.56 Å². The molecule has 1 atom stereocenters. The normalized spacial score (nSPS) is 11.9. The molecule has 1 aromatic rings. The van der Waals surface area contributed by atoms with Gasteiger partial charge in [-0.15, -0.1) is 0 Å². The highest BCUT2D eigenvalue weighted by Gasteiger charge is 2.04. The number of methoxy groups -OCH3 is 1. The second kappa shape index (κ2) is 5.36. The largest absolute Gasteiger partial charge is 0.482 e. The molecule has 4 heteroatoms. The molecule has 0 aliphatic carbocycles. The van der Waals surface area contributed by atoms with E-state index in [2.05, 4.69) is 4.74 Å². The Morgan fingerprint density at radius 1 is 1.53 bits per heavy atom. The topological polar surface area (TPSA) is 55.8 Å². The molecule has 0 heterocycles. The van der Waals surface area contributed by atoms with Gasteiger partial charge in [-0.3, -0.25) is 0 Å². The SMILES string of the molecule is COC(=O)COc1cccc([C@@H](C)O)c1. The lowest BCUT2D eigenvalue weighted by molar-refractivity contribution is -0.142. The minimum atomic E-state index is -0.549. The minimum Gasteiger partial charge on any atom is -0.482 e. The number of ether oxygens (including phenoxy) is 2. The first kappa shape index (κ1) is 11.5. The third-order valence-corrected chi connectivity index (χ3v) is 1.92. The third-order valence-electron chi connectivity index (χ3n) is 1.92. The first-order valence-corrected chi connectivity index (χ1v) is 4.61. The average molecular weight is 210 g/mol. The number of aliphatic hydroxyl groups is 1. The highest BCUT2D eigenvalue weighted by atomic mass is 16.6. The molecule has 0 spiro atoms. The van der Waals surface area contributed by atoms with Crippen molar-refractivity contribution in [3.05, 3.63) is 29.8 Å². The number of benzene rings is 1. The highest BCUT2D eigenvalue weighted by Crippen LogP contribution is 2.18. The summed E-state index contributed by atoms with van der Waals surface area (Å²) in [6, 6.07) is 6.95. The molecule has 0 bridgehead atoms. The molecular weight excluding hydrogens is 196 g/mol. The number of esters is 1. The van der Waals surface area contributed by atoms with Crippen LogP contribution in [-0.4, -0.2) is 24.8 Å². The molecule has 0 aliphatic rings. The van der Waals surface area contributed by atoms with Gasteiger partial charge in [0.15, 0.2) is 6.61 Å². The lowest BCUT2D eigenvalue weighted by atomic mass is 10.1. The molecule has 0 fully saturated rings. The molecule has 0 saturated heterocycles. The van der Waals surface area contributed by atoms with Crippen molar-refractivity contribution in [2.24, 2.45) is 0 Å². The molecule has 0 saturated carbocycles. The fraction of sp³-hybridized carbons (Fsp3) is 0.364. The Morgan fingerprint density at radius 2 is 2.27 bits per heavy atom. The summed E-state index contributed by atoms with van der Waals surface area (Å²) in [5, 5.41) is 9.32. The van der Waals surface area contributed by atoms with Crippen molar-refractivity contribution in [3.8, 4) is 5.75 Å². The van der Waals surface area contributed by atoms with Crippen molar-refractivity contribution in [2.75, 3.05) is 13.7 Å². The Morgan fingerprint density at radius 3 is 2.87 bits per heavy atom. The third kappa shape index (κ3) is 3.59. The zero-order valence-corrected chi connectivity index (χ0v) is 8.77. The van der Waals surface area contributed by atoms with Gasteiger partial charge >= 0.3 is 5.97 Å². The maximum absolute atomic E-state index is 10.8. The summed E-state index contributed by atoms with van der Waals surface area (Å²) in [5.41, 5.74) is 0.748. The van der Waals surface area contributed by atoms with Crippen LogP contribution in [0, 0.1) is 0 Å². The first-order valence-electron chi connectivity index (χ1n) is 4.61. The van der Waals surface area contributed by atoms with E-state index in [1.165, 1.54) is 7.11 Å². The molecule has 0 aliphatic heterocycles. The fourth-order valence-electron chi connectivity index (χ4n) is 1.07. The smallest absolute Gasteiger partial charge is 0.343 e. The molecule has 1 aromatic carbocycles. The van der Waals surface area contributed by atoms with Gasteiger partial charge < -0.3 is 14.6 Å². The summed E-state index contributed by atoms with van der Waals surface area (Å²) in [5.74, 6) is 0.108. The van der Waals surface area contributed by atoms with Gasteiger partial charge in [0.2, 0.25) is 0 Å². The van der Waals surface area contributed by atoms with Gasteiger partial charge in [-0.25, -0.2) is 4.79 Å². The van der Waals surface area contributed by atoms with Gasteiger partial charge in [0.05, 0.1) is 13.2 Å². The lowest BCUT2D eigenvalue weighted by Gasteiger charge is -2.08. The Hall–Kier alpha value is -1.55. The number of hydrogen-bond acceptors (Lipinski definition) is 4. The van der Waals surface area contributed by atoms with Gasteiger partial charge in [0, 0.05) is 0 Å². The lowest BCUT2D eigenvalue weighted by Crippen LogP contribution is -2.12. The molecule has 0 aromatic heterocycles. The standard InChI is InChI=1S/C11H14O4/c1-8(12)9-4-3-5-10(6-9)15-7-11(13)14-2/h3-6,8,12H,7H2,1-2H3/t8-/m1/s1. The van der Waals surface area contributed by atoms with Crippen molar-refractivity contribution in [2.45, 2.75) is 13.0 Å². The summed E-state index contributed by atoms with van der Waals surface area (Å²) in [4.78, 5) is 10.8. The molecule has 15 heavy (non-hydrogen) atoms. The van der Waals surface area contributed by atoms with E-state index in [0.29, 0.717) is 5.75 Å². The predicted octanol–water partition coefficient (Wildman–Crippen LogP) is 1.29. The average Bonchev–Trinajstić information content (AvgIpc) is 2.26. The van der Waals surface area contributed by atoms with Crippen molar-refractivity contribution in [3.63, 3.8) is 0 Å². The van der Waals surface area contributed by atoms with Crippen molar-refractivity contribution >= 4 is 5.97 Å². The Kier molecular flexibility index (Phi) is 4.12. The number of carbonyl (C=O) groups excluding carboxylic acids is 1. The molecule has 0 amide bonds. The van der Waals surface area contributed by atoms with Gasteiger partial charge in [-0.05, 0) is 24.6 Å². The van der Waals surface area contributed by atoms with Crippen molar-refractivity contribution in [1.29, 1.82) is 0 Å². The van der Waals surface area contributed by atoms with E-state index < -0.39 is 12.1 Å². The maximum atomic E-state index is 10.8. The Labute approximate surface area is 88.4 Å². The van der Waals surface area contributed by atoms with E-state index in [1.54, 1.807) is 31.2 Å². The first-order chi connectivity index (χ1) is 7.13. The molecule has 0 unspecified atom stereocenters. The summed E-state index contributed by atoms with van der Waals surface area (Å²) < 4.78 is 9.60. The Bertz CT molecular complexity index is 333. The summed E-state index contributed by atoms with van der Waals surface area (Å²) >= 11 is 0. The second-order valence-corrected chi connectivity index (χ2v) is 3.11. The van der Waals surface area contributed by atoms with Crippen LogP contribution in [-0.2, 0) is 9.53 Å². The number of aliphatic hydroxyl groups excluding tert-OH is 1. The van der Waals surface area contributed by atoms with Gasteiger partial charge in [0.1, 0.15) is 5.75 Å². The van der Waals surface area contributed by atoms with Crippen molar-refractivity contribution < 1.29 is 19.4 Å². The zero-order chi connectivity index (χ0) is 11.3. The van der Waals surface area contributed by atoms with Crippen LogP contribution in [0.3, 0.4) is 0 Å². The van der Waals surface area contributed by atoms with Crippen LogP contribution < -0.4 is 4.74 Å².